The van der Waals surface area contributed by atoms with E-state index >= 15 is 0 Å². The van der Waals surface area contributed by atoms with E-state index in [-0.39, 0.29) is 23.0 Å². The molecular weight excluding hydrogens is 284 g/mol. The molecular formula is C13H17ClN2O2S. The lowest BCUT2D eigenvalue weighted by atomic mass is 10.1. The van der Waals surface area contributed by atoms with Gasteiger partial charge in [-0.2, -0.15) is 0 Å². The summed E-state index contributed by atoms with van der Waals surface area (Å²) >= 11 is 10.8. The Balaban J connectivity index is 2.62. The van der Waals surface area contributed by atoms with E-state index in [1.54, 1.807) is 18.2 Å². The lowest BCUT2D eigenvalue weighted by Gasteiger charge is -2.20. The van der Waals surface area contributed by atoms with Gasteiger partial charge in [0.1, 0.15) is 10.7 Å². The normalized spacial score (nSPS) is 10.9. The molecule has 1 amide bonds. The van der Waals surface area contributed by atoms with Gasteiger partial charge in [0.05, 0.1) is 5.02 Å². The minimum absolute atomic E-state index is 0.0694. The Kier molecular flexibility index (Phi) is 5.14. The van der Waals surface area contributed by atoms with E-state index in [4.69, 9.17) is 34.3 Å². The average molecular weight is 301 g/mol. The first-order valence-corrected chi connectivity index (χ1v) is 6.51. The number of ether oxygens (including phenoxy) is 1. The Hall–Kier alpha value is -1.33. The van der Waals surface area contributed by atoms with Crippen molar-refractivity contribution in [2.45, 2.75) is 26.3 Å². The van der Waals surface area contributed by atoms with Gasteiger partial charge < -0.3 is 15.8 Å². The van der Waals surface area contributed by atoms with Crippen molar-refractivity contribution in [1.82, 2.24) is 5.32 Å². The van der Waals surface area contributed by atoms with Crippen molar-refractivity contribution in [1.29, 1.82) is 0 Å². The molecule has 104 valence electrons. The summed E-state index contributed by atoms with van der Waals surface area (Å²) in [5.41, 5.74) is 5.80. The van der Waals surface area contributed by atoms with Crippen LogP contribution >= 0.6 is 23.8 Å². The Morgan fingerprint density at radius 2 is 2.11 bits per heavy atom. The van der Waals surface area contributed by atoms with Gasteiger partial charge in [0.25, 0.3) is 5.91 Å². The van der Waals surface area contributed by atoms with Crippen LogP contribution < -0.4 is 15.8 Å². The van der Waals surface area contributed by atoms with Gasteiger partial charge >= 0.3 is 0 Å². The number of halogens is 1. The van der Waals surface area contributed by atoms with Gasteiger partial charge in [-0.25, -0.2) is 0 Å². The van der Waals surface area contributed by atoms with Gasteiger partial charge in [-0.15, -0.1) is 0 Å². The molecule has 0 radical (unpaired) electrons. The van der Waals surface area contributed by atoms with Crippen LogP contribution in [0, 0.1) is 0 Å². The van der Waals surface area contributed by atoms with E-state index in [0.29, 0.717) is 16.3 Å². The molecule has 0 aliphatic heterocycles. The largest absolute Gasteiger partial charge is 0.484 e. The maximum absolute atomic E-state index is 11.6. The summed E-state index contributed by atoms with van der Waals surface area (Å²) in [6.45, 7) is 5.64. The van der Waals surface area contributed by atoms with Gasteiger partial charge in [-0.05, 0) is 39.0 Å². The Labute approximate surface area is 123 Å². The second kappa shape index (κ2) is 6.21. The first-order chi connectivity index (χ1) is 8.69. The Bertz CT molecular complexity index is 498. The lowest BCUT2D eigenvalue weighted by molar-refractivity contribution is -0.124. The highest BCUT2D eigenvalue weighted by molar-refractivity contribution is 7.80. The molecule has 1 aromatic carbocycles. The van der Waals surface area contributed by atoms with Crippen LogP contribution in [0.3, 0.4) is 0 Å². The number of rotatable bonds is 4. The summed E-state index contributed by atoms with van der Waals surface area (Å²) in [7, 11) is 0. The minimum Gasteiger partial charge on any atom is -0.484 e. The molecule has 0 unspecified atom stereocenters. The van der Waals surface area contributed by atoms with Crippen LogP contribution in [0.5, 0.6) is 5.75 Å². The molecule has 19 heavy (non-hydrogen) atoms. The van der Waals surface area contributed by atoms with Gasteiger partial charge in [-0.3, -0.25) is 4.79 Å². The quantitative estimate of drug-likeness (QED) is 0.837. The maximum Gasteiger partial charge on any atom is 0.258 e. The molecule has 0 aliphatic rings. The van der Waals surface area contributed by atoms with Crippen molar-refractivity contribution in [2.24, 2.45) is 5.73 Å². The number of nitrogens with one attached hydrogen (secondary N) is 1. The topological polar surface area (TPSA) is 64.3 Å². The van der Waals surface area contributed by atoms with Crippen molar-refractivity contribution in [3.05, 3.63) is 28.8 Å². The molecule has 0 saturated heterocycles. The molecule has 0 saturated carbocycles. The number of hydrogen-bond acceptors (Lipinski definition) is 3. The molecule has 0 aliphatic carbocycles. The SMILES string of the molecule is CC(C)(C)NC(=O)COc1ccc(C(N)=S)c(Cl)c1. The molecule has 0 fully saturated rings. The summed E-state index contributed by atoms with van der Waals surface area (Å²) < 4.78 is 5.35. The van der Waals surface area contributed by atoms with Crippen LogP contribution in [0.25, 0.3) is 0 Å². The van der Waals surface area contributed by atoms with Crippen molar-refractivity contribution in [3.8, 4) is 5.75 Å². The molecule has 3 N–H and O–H groups in total. The van der Waals surface area contributed by atoms with E-state index in [1.165, 1.54) is 0 Å². The van der Waals surface area contributed by atoms with E-state index in [1.807, 2.05) is 20.8 Å². The van der Waals surface area contributed by atoms with Gasteiger partial charge in [0.2, 0.25) is 0 Å². The second-order valence-corrected chi connectivity index (χ2v) is 5.94. The molecule has 0 aromatic heterocycles. The third-order valence-electron chi connectivity index (χ3n) is 2.09. The maximum atomic E-state index is 11.6. The lowest BCUT2D eigenvalue weighted by Crippen LogP contribution is -2.43. The van der Waals surface area contributed by atoms with Gasteiger partial charge in [-0.1, -0.05) is 23.8 Å². The standard InChI is InChI=1S/C13H17ClN2O2S/c1-13(2,3)16-11(17)7-18-8-4-5-9(12(15)19)10(14)6-8/h4-6H,7H2,1-3H3,(H2,15,19)(H,16,17). The zero-order valence-corrected chi connectivity index (χ0v) is 12.7. The molecule has 0 spiro atoms. The highest BCUT2D eigenvalue weighted by Gasteiger charge is 2.14. The molecule has 6 heteroatoms. The predicted octanol–water partition coefficient (Wildman–Crippen LogP) is 2.27. The zero-order valence-electron chi connectivity index (χ0n) is 11.1. The first-order valence-electron chi connectivity index (χ1n) is 5.72. The molecule has 0 atom stereocenters. The minimum atomic E-state index is -0.284. The third kappa shape index (κ3) is 5.44. The summed E-state index contributed by atoms with van der Waals surface area (Å²) in [5, 5.41) is 3.20. The zero-order chi connectivity index (χ0) is 14.6. The molecule has 1 rings (SSSR count). The van der Waals surface area contributed by atoms with E-state index in [2.05, 4.69) is 5.32 Å². The third-order valence-corrected chi connectivity index (χ3v) is 2.62. The number of amides is 1. The fourth-order valence-electron chi connectivity index (χ4n) is 1.39. The molecule has 0 heterocycles. The first kappa shape index (κ1) is 15.7. The summed E-state index contributed by atoms with van der Waals surface area (Å²) in [6.07, 6.45) is 0. The van der Waals surface area contributed by atoms with E-state index < -0.39 is 0 Å². The summed E-state index contributed by atoms with van der Waals surface area (Å²) in [6, 6.07) is 4.92. The monoisotopic (exact) mass is 300 g/mol. The number of thiocarbonyl (C=S) groups is 1. The summed E-state index contributed by atoms with van der Waals surface area (Å²) in [5.74, 6) is 0.302. The number of benzene rings is 1. The van der Waals surface area contributed by atoms with Crippen LogP contribution in [-0.2, 0) is 4.79 Å². The fourth-order valence-corrected chi connectivity index (χ4v) is 1.90. The van der Waals surface area contributed by atoms with Crippen molar-refractivity contribution < 1.29 is 9.53 Å². The van der Waals surface area contributed by atoms with Crippen molar-refractivity contribution in [3.63, 3.8) is 0 Å². The Morgan fingerprint density at radius 3 is 2.58 bits per heavy atom. The summed E-state index contributed by atoms with van der Waals surface area (Å²) in [4.78, 5) is 11.8. The molecule has 1 aromatic rings. The van der Waals surface area contributed by atoms with Crippen molar-refractivity contribution >= 4 is 34.7 Å². The van der Waals surface area contributed by atoms with E-state index in [9.17, 15) is 4.79 Å². The Morgan fingerprint density at radius 1 is 1.47 bits per heavy atom. The van der Waals surface area contributed by atoms with Gasteiger partial charge in [0.15, 0.2) is 6.61 Å². The second-order valence-electron chi connectivity index (χ2n) is 5.09. The van der Waals surface area contributed by atoms with Crippen LogP contribution in [0.1, 0.15) is 26.3 Å². The predicted molar refractivity (Wildman–Crippen MR) is 80.7 cm³/mol. The average Bonchev–Trinajstić information content (AvgIpc) is 2.23. The van der Waals surface area contributed by atoms with Gasteiger partial charge in [0, 0.05) is 11.1 Å². The highest BCUT2D eigenvalue weighted by Crippen LogP contribution is 2.22. The molecule has 4 nitrogen and oxygen atoms in total. The number of carbonyl (C=O) groups excluding carboxylic acids is 1. The van der Waals surface area contributed by atoms with E-state index in [0.717, 1.165) is 0 Å². The van der Waals surface area contributed by atoms with Crippen LogP contribution in [-0.4, -0.2) is 23.0 Å². The number of nitrogens with two attached hydrogens (primary N) is 1. The number of carbonyl (C=O) groups is 1. The number of hydrogen-bond donors (Lipinski definition) is 2. The van der Waals surface area contributed by atoms with Crippen LogP contribution in [0.15, 0.2) is 18.2 Å². The highest BCUT2D eigenvalue weighted by atomic mass is 35.5. The van der Waals surface area contributed by atoms with Crippen LogP contribution in [0.2, 0.25) is 5.02 Å². The van der Waals surface area contributed by atoms with Crippen LogP contribution in [0.4, 0.5) is 0 Å². The fraction of sp³-hybridized carbons (Fsp3) is 0.385. The van der Waals surface area contributed by atoms with Crippen molar-refractivity contribution in [2.75, 3.05) is 6.61 Å². The molecule has 0 bridgehead atoms. The smallest absolute Gasteiger partial charge is 0.258 e.